The number of halogens is 1. The van der Waals surface area contributed by atoms with E-state index >= 15 is 0 Å². The van der Waals surface area contributed by atoms with Crippen LogP contribution in [0.15, 0.2) is 107 Å². The van der Waals surface area contributed by atoms with Crippen molar-refractivity contribution >= 4 is 52.2 Å². The molecule has 0 saturated carbocycles. The number of nitrogens with zero attached hydrogens (tertiary/aromatic N) is 3. The van der Waals surface area contributed by atoms with E-state index in [9.17, 15) is 24.0 Å². The Labute approximate surface area is 264 Å². The van der Waals surface area contributed by atoms with Gasteiger partial charge in [-0.25, -0.2) is 9.67 Å². The minimum absolute atomic E-state index is 0.0200. The van der Waals surface area contributed by atoms with Crippen LogP contribution in [0.1, 0.15) is 32.3 Å². The summed E-state index contributed by atoms with van der Waals surface area (Å²) in [7, 11) is 1.07. The molecule has 0 aliphatic heterocycles. The molecule has 1 amide bonds. The number of Topliss-reactive ketones (excluding diaryl/α,β-unsaturated/α-hetero) is 3. The van der Waals surface area contributed by atoms with E-state index in [0.29, 0.717) is 16.5 Å². The van der Waals surface area contributed by atoms with Gasteiger partial charge in [-0.15, -0.1) is 11.3 Å². The van der Waals surface area contributed by atoms with E-state index in [1.165, 1.54) is 17.5 Å². The van der Waals surface area contributed by atoms with Crippen molar-refractivity contribution in [3.8, 4) is 27.6 Å². The molecule has 1 N–H and O–H groups in total. The second-order valence-electron chi connectivity index (χ2n) is 9.78. The number of ketones is 3. The number of fused-ring (bicyclic) bond motifs is 1. The van der Waals surface area contributed by atoms with Crippen LogP contribution in [0.5, 0.6) is 0 Å². The molecule has 0 radical (unpaired) electrons. The van der Waals surface area contributed by atoms with Crippen LogP contribution < -0.4 is 5.32 Å². The Morgan fingerprint density at radius 1 is 0.867 bits per heavy atom. The molecule has 6 rings (SSSR count). The summed E-state index contributed by atoms with van der Waals surface area (Å²) in [5.74, 6) is -6.86. The Balaban J connectivity index is 1.33. The van der Waals surface area contributed by atoms with Gasteiger partial charge in [0.25, 0.3) is 5.91 Å². The van der Waals surface area contributed by atoms with Gasteiger partial charge in [0.15, 0.2) is 5.92 Å². The molecule has 1 aliphatic carbocycles. The Hall–Kier alpha value is -5.52. The van der Waals surface area contributed by atoms with E-state index in [1.807, 2.05) is 66.7 Å². The quantitative estimate of drug-likeness (QED) is 0.141. The summed E-state index contributed by atoms with van der Waals surface area (Å²) in [5.41, 5.74) is 2.57. The summed E-state index contributed by atoms with van der Waals surface area (Å²) in [6, 6.07) is 26.9. The lowest BCUT2D eigenvalue weighted by molar-refractivity contribution is -0.149. The maximum atomic E-state index is 13.4. The van der Waals surface area contributed by atoms with Gasteiger partial charge in [0.1, 0.15) is 10.7 Å². The molecule has 0 fully saturated rings. The van der Waals surface area contributed by atoms with E-state index in [-0.39, 0.29) is 16.8 Å². The van der Waals surface area contributed by atoms with Crippen molar-refractivity contribution in [2.75, 3.05) is 7.11 Å². The number of carbonyl (C=O) groups is 5. The van der Waals surface area contributed by atoms with Gasteiger partial charge >= 0.3 is 5.97 Å². The summed E-state index contributed by atoms with van der Waals surface area (Å²) in [5, 5.41) is 8.14. The molecule has 3 aromatic carbocycles. The van der Waals surface area contributed by atoms with Crippen molar-refractivity contribution in [1.82, 2.24) is 20.1 Å². The molecule has 1 atom stereocenters. The third-order valence-corrected chi connectivity index (χ3v) is 8.25. The monoisotopic (exact) mass is 636 g/mol. The van der Waals surface area contributed by atoms with Crippen LogP contribution in [-0.4, -0.2) is 51.1 Å². The van der Waals surface area contributed by atoms with Gasteiger partial charge in [-0.2, -0.15) is 5.10 Å². The van der Waals surface area contributed by atoms with E-state index < -0.39 is 45.9 Å². The highest BCUT2D eigenvalue weighted by Gasteiger charge is 2.39. The summed E-state index contributed by atoms with van der Waals surface area (Å²) in [6.07, 6.45) is 0. The van der Waals surface area contributed by atoms with Gasteiger partial charge < -0.3 is 10.1 Å². The Bertz CT molecular complexity index is 2030. The predicted molar refractivity (Wildman–Crippen MR) is 166 cm³/mol. The fourth-order valence-corrected chi connectivity index (χ4v) is 5.89. The highest BCUT2D eigenvalue weighted by molar-refractivity contribution is 7.12. The number of methoxy groups -OCH3 is 1. The number of hydrogen-bond donors (Lipinski definition) is 1. The van der Waals surface area contributed by atoms with E-state index in [1.54, 1.807) is 16.8 Å². The zero-order chi connectivity index (χ0) is 31.7. The highest BCUT2D eigenvalue weighted by atomic mass is 35.5. The Kier molecular flexibility index (Phi) is 8.03. The molecule has 0 saturated heterocycles. The first-order chi connectivity index (χ1) is 21.8. The average molecular weight is 637 g/mol. The number of aromatic nitrogens is 3. The molecule has 1 aliphatic rings. The average Bonchev–Trinajstić information content (AvgIpc) is 3.74. The summed E-state index contributed by atoms with van der Waals surface area (Å²) >= 11 is 7.25. The molecule has 0 spiro atoms. The Morgan fingerprint density at radius 2 is 1.47 bits per heavy atom. The van der Waals surface area contributed by atoms with Gasteiger partial charge in [-0.3, -0.25) is 24.0 Å². The standard InChI is InChI=1S/C33H21ClN4O6S/c1-44-32(43)25(30(41)31(42)36-27-26(34)28(39)20-14-8-9-15-21(20)29(27)40)23-17-45-33(35-23)38-24(19-12-6-3-7-13-19)16-22(37-38)18-10-4-2-5-11-18/h2-17,25H,1H3,(H,36,42)/t25-/m1/s1. The minimum Gasteiger partial charge on any atom is -0.468 e. The zero-order valence-corrected chi connectivity index (χ0v) is 25.0. The van der Waals surface area contributed by atoms with Crippen LogP contribution >= 0.6 is 22.9 Å². The number of nitrogens with one attached hydrogen (secondary N) is 1. The minimum atomic E-state index is -1.77. The normalized spacial score (nSPS) is 13.3. The van der Waals surface area contributed by atoms with Crippen molar-refractivity contribution in [2.24, 2.45) is 0 Å². The zero-order valence-electron chi connectivity index (χ0n) is 23.4. The largest absolute Gasteiger partial charge is 0.468 e. The molecule has 10 nitrogen and oxygen atoms in total. The van der Waals surface area contributed by atoms with Crippen molar-refractivity contribution in [3.63, 3.8) is 0 Å². The fourth-order valence-electron chi connectivity index (χ4n) is 4.84. The molecule has 2 heterocycles. The number of rotatable bonds is 8. The van der Waals surface area contributed by atoms with E-state index in [4.69, 9.17) is 21.4 Å². The third-order valence-electron chi connectivity index (χ3n) is 7.06. The third kappa shape index (κ3) is 5.50. The van der Waals surface area contributed by atoms with Crippen LogP contribution in [0.25, 0.3) is 27.6 Å². The molecular formula is C33H21ClN4O6S. The first kappa shape index (κ1) is 29.5. The second-order valence-corrected chi connectivity index (χ2v) is 11.0. The molecule has 12 heteroatoms. The molecule has 222 valence electrons. The maximum absolute atomic E-state index is 13.4. The molecular weight excluding hydrogens is 616 g/mol. The molecule has 2 aromatic heterocycles. The van der Waals surface area contributed by atoms with E-state index in [0.717, 1.165) is 29.6 Å². The smallest absolute Gasteiger partial charge is 0.323 e. The number of carbonyl (C=O) groups excluding carboxylic acids is 5. The number of benzene rings is 3. The van der Waals surface area contributed by atoms with E-state index in [2.05, 4.69) is 10.3 Å². The Morgan fingerprint density at radius 3 is 2.11 bits per heavy atom. The van der Waals surface area contributed by atoms with Gasteiger partial charge in [-0.05, 0) is 6.07 Å². The first-order valence-corrected chi connectivity index (χ1v) is 14.7. The molecule has 0 unspecified atom stereocenters. The number of allylic oxidation sites excluding steroid dienone is 2. The fraction of sp³-hybridized carbons (Fsp3) is 0.0606. The van der Waals surface area contributed by atoms with Crippen molar-refractivity contribution in [2.45, 2.75) is 5.92 Å². The van der Waals surface area contributed by atoms with Crippen molar-refractivity contribution in [1.29, 1.82) is 0 Å². The highest BCUT2D eigenvalue weighted by Crippen LogP contribution is 2.32. The lowest BCUT2D eigenvalue weighted by Gasteiger charge is -2.18. The van der Waals surface area contributed by atoms with Gasteiger partial charge in [0, 0.05) is 27.6 Å². The van der Waals surface area contributed by atoms with Crippen LogP contribution in [0.3, 0.4) is 0 Å². The van der Waals surface area contributed by atoms with Crippen LogP contribution in [0, 0.1) is 0 Å². The molecule has 5 aromatic rings. The summed E-state index contributed by atoms with van der Waals surface area (Å²) in [6.45, 7) is 0. The maximum Gasteiger partial charge on any atom is 0.323 e. The van der Waals surface area contributed by atoms with Gasteiger partial charge in [0.2, 0.25) is 22.5 Å². The summed E-state index contributed by atoms with van der Waals surface area (Å²) in [4.78, 5) is 69.8. The SMILES string of the molecule is COC(=O)[C@@H](C(=O)C(=O)NC1=C(Cl)C(=O)c2ccccc2C1=O)c1csc(-n2nc(-c3ccccc3)cc2-c2ccccc2)n1. The van der Waals surface area contributed by atoms with Gasteiger partial charge in [-0.1, -0.05) is 96.5 Å². The molecule has 45 heavy (non-hydrogen) atoms. The van der Waals surface area contributed by atoms with Crippen molar-refractivity contribution in [3.05, 3.63) is 124 Å². The number of amides is 1. The second kappa shape index (κ2) is 12.2. The molecule has 0 bridgehead atoms. The predicted octanol–water partition coefficient (Wildman–Crippen LogP) is 5.13. The van der Waals surface area contributed by atoms with Crippen LogP contribution in [-0.2, 0) is 19.1 Å². The first-order valence-electron chi connectivity index (χ1n) is 13.5. The van der Waals surface area contributed by atoms with Gasteiger partial charge in [0.05, 0.1) is 24.2 Å². The number of ether oxygens (including phenoxy) is 1. The number of esters is 1. The number of hydrogen-bond acceptors (Lipinski definition) is 9. The van der Waals surface area contributed by atoms with Crippen LogP contribution in [0.4, 0.5) is 0 Å². The number of thiazole rings is 1. The summed E-state index contributed by atoms with van der Waals surface area (Å²) < 4.78 is 6.44. The van der Waals surface area contributed by atoms with Crippen molar-refractivity contribution < 1.29 is 28.7 Å². The lowest BCUT2D eigenvalue weighted by atomic mass is 9.92. The lowest BCUT2D eigenvalue weighted by Crippen LogP contribution is -2.40. The van der Waals surface area contributed by atoms with Crippen LogP contribution in [0.2, 0.25) is 0 Å². The topological polar surface area (TPSA) is 137 Å².